The fourth-order valence-corrected chi connectivity index (χ4v) is 2.22. The smallest absolute Gasteiger partial charge is 0.363 e. The van der Waals surface area contributed by atoms with Gasteiger partial charge in [0, 0.05) is 17.3 Å². The summed E-state index contributed by atoms with van der Waals surface area (Å²) < 4.78 is 12.3. The fraction of sp³-hybridized carbons (Fsp3) is 0.278. The second kappa shape index (κ2) is 5.96. The number of hydrogen-bond donors (Lipinski definition) is 0. The summed E-state index contributed by atoms with van der Waals surface area (Å²) in [6, 6.07) is 7.22. The Morgan fingerprint density at radius 1 is 1.29 bits per heavy atom. The van der Waals surface area contributed by atoms with Crippen LogP contribution in [0.4, 0.5) is 0 Å². The molecule has 1 aromatic carbocycles. The molecule has 6 nitrogen and oxygen atoms in total. The summed E-state index contributed by atoms with van der Waals surface area (Å²) in [6.07, 6.45) is 5.24. The molecule has 2 aromatic rings. The van der Waals surface area contributed by atoms with E-state index >= 15 is 0 Å². The predicted molar refractivity (Wildman–Crippen MR) is 90.8 cm³/mol. The van der Waals surface area contributed by atoms with Crippen molar-refractivity contribution in [3.63, 3.8) is 0 Å². The van der Waals surface area contributed by atoms with Gasteiger partial charge in [-0.05, 0) is 45.0 Å². The van der Waals surface area contributed by atoms with E-state index in [1.54, 1.807) is 25.4 Å². The van der Waals surface area contributed by atoms with E-state index in [0.29, 0.717) is 11.3 Å². The monoisotopic (exact) mass is 325 g/mol. The predicted octanol–water partition coefficient (Wildman–Crippen LogP) is 2.99. The number of ether oxygens (including phenoxy) is 2. The Balaban J connectivity index is 1.90. The maximum Gasteiger partial charge on any atom is 0.363 e. The van der Waals surface area contributed by atoms with Crippen LogP contribution in [0.15, 0.2) is 47.3 Å². The zero-order chi connectivity index (χ0) is 17.3. The summed E-state index contributed by atoms with van der Waals surface area (Å²) in [7, 11) is 1.58. The van der Waals surface area contributed by atoms with Crippen LogP contribution in [0.3, 0.4) is 0 Å². The average molecular weight is 325 g/mol. The van der Waals surface area contributed by atoms with Crippen LogP contribution >= 0.6 is 0 Å². The van der Waals surface area contributed by atoms with Crippen LogP contribution in [-0.2, 0) is 15.1 Å². The molecule has 0 N–H and O–H groups in total. The Morgan fingerprint density at radius 3 is 2.75 bits per heavy atom. The SMILES string of the molecule is COc1cccc(C2=N/C(=C/c3cnn(C(C)(C)C)c3)C(=O)O2)c1. The molecule has 124 valence electrons. The third-order valence-corrected chi connectivity index (χ3v) is 3.53. The van der Waals surface area contributed by atoms with E-state index in [9.17, 15) is 4.79 Å². The third kappa shape index (κ3) is 3.22. The molecule has 0 fully saturated rings. The first-order chi connectivity index (χ1) is 11.4. The molecule has 24 heavy (non-hydrogen) atoms. The molecule has 2 heterocycles. The number of cyclic esters (lactones) is 1. The second-order valence-electron chi connectivity index (χ2n) is 6.46. The summed E-state index contributed by atoms with van der Waals surface area (Å²) in [4.78, 5) is 16.4. The Bertz CT molecular complexity index is 841. The Labute approximate surface area is 140 Å². The number of aromatic nitrogens is 2. The molecule has 0 aliphatic carbocycles. The van der Waals surface area contributed by atoms with Crippen LogP contribution in [0, 0.1) is 0 Å². The van der Waals surface area contributed by atoms with Gasteiger partial charge in [-0.25, -0.2) is 9.79 Å². The van der Waals surface area contributed by atoms with E-state index in [1.807, 2.05) is 29.1 Å². The molecule has 3 rings (SSSR count). The summed E-state index contributed by atoms with van der Waals surface area (Å²) in [5, 5.41) is 4.31. The third-order valence-electron chi connectivity index (χ3n) is 3.53. The molecular weight excluding hydrogens is 306 g/mol. The van der Waals surface area contributed by atoms with Gasteiger partial charge in [-0.3, -0.25) is 4.68 Å². The Kier molecular flexibility index (Phi) is 3.97. The lowest BCUT2D eigenvalue weighted by Crippen LogP contribution is -2.21. The Morgan fingerprint density at radius 2 is 2.08 bits per heavy atom. The number of esters is 1. The quantitative estimate of drug-likeness (QED) is 0.643. The van der Waals surface area contributed by atoms with Gasteiger partial charge in [0.15, 0.2) is 5.70 Å². The summed E-state index contributed by atoms with van der Waals surface area (Å²) >= 11 is 0. The molecule has 0 spiro atoms. The zero-order valence-electron chi connectivity index (χ0n) is 14.1. The molecule has 0 bridgehead atoms. The first-order valence-electron chi connectivity index (χ1n) is 7.59. The molecule has 0 saturated heterocycles. The van der Waals surface area contributed by atoms with Crippen molar-refractivity contribution in [2.24, 2.45) is 4.99 Å². The van der Waals surface area contributed by atoms with Gasteiger partial charge in [-0.2, -0.15) is 5.10 Å². The maximum atomic E-state index is 12.1. The largest absolute Gasteiger partial charge is 0.497 e. The lowest BCUT2D eigenvalue weighted by molar-refractivity contribution is -0.129. The molecule has 0 radical (unpaired) electrons. The second-order valence-corrected chi connectivity index (χ2v) is 6.46. The van der Waals surface area contributed by atoms with E-state index in [1.165, 1.54) is 0 Å². The minimum atomic E-state index is -0.476. The van der Waals surface area contributed by atoms with Crippen LogP contribution in [0.25, 0.3) is 6.08 Å². The van der Waals surface area contributed by atoms with Crippen molar-refractivity contribution in [2.45, 2.75) is 26.3 Å². The molecule has 1 aliphatic heterocycles. The number of nitrogens with zero attached hydrogens (tertiary/aromatic N) is 3. The van der Waals surface area contributed by atoms with E-state index < -0.39 is 5.97 Å². The first kappa shape index (κ1) is 16.0. The minimum Gasteiger partial charge on any atom is -0.497 e. The number of carbonyl (C=O) groups is 1. The summed E-state index contributed by atoms with van der Waals surface area (Å²) in [5.74, 6) is 0.472. The molecular formula is C18H19N3O3. The van der Waals surface area contributed by atoms with Crippen molar-refractivity contribution in [1.29, 1.82) is 0 Å². The van der Waals surface area contributed by atoms with Crippen molar-refractivity contribution in [3.05, 3.63) is 53.5 Å². The highest BCUT2D eigenvalue weighted by Crippen LogP contribution is 2.22. The van der Waals surface area contributed by atoms with Crippen LogP contribution in [0.5, 0.6) is 5.75 Å². The van der Waals surface area contributed by atoms with Crippen molar-refractivity contribution in [2.75, 3.05) is 7.11 Å². The van der Waals surface area contributed by atoms with E-state index in [-0.39, 0.29) is 17.1 Å². The number of benzene rings is 1. The molecule has 6 heteroatoms. The zero-order valence-corrected chi connectivity index (χ0v) is 14.1. The van der Waals surface area contributed by atoms with Crippen LogP contribution < -0.4 is 4.74 Å². The van der Waals surface area contributed by atoms with Gasteiger partial charge in [0.25, 0.3) is 0 Å². The highest BCUT2D eigenvalue weighted by atomic mass is 16.6. The van der Waals surface area contributed by atoms with E-state index in [0.717, 1.165) is 5.56 Å². The topological polar surface area (TPSA) is 65.7 Å². The first-order valence-corrected chi connectivity index (χ1v) is 7.59. The molecule has 1 aromatic heterocycles. The van der Waals surface area contributed by atoms with Crippen LogP contribution in [0.1, 0.15) is 31.9 Å². The fourth-order valence-electron chi connectivity index (χ4n) is 2.22. The van der Waals surface area contributed by atoms with Crippen molar-refractivity contribution in [1.82, 2.24) is 9.78 Å². The minimum absolute atomic E-state index is 0.123. The lowest BCUT2D eigenvalue weighted by atomic mass is 10.1. The van der Waals surface area contributed by atoms with Gasteiger partial charge in [0.05, 0.1) is 18.8 Å². The number of rotatable bonds is 3. The van der Waals surface area contributed by atoms with Gasteiger partial charge in [0.1, 0.15) is 5.75 Å². The van der Waals surface area contributed by atoms with Gasteiger partial charge >= 0.3 is 5.97 Å². The van der Waals surface area contributed by atoms with Crippen molar-refractivity contribution in [3.8, 4) is 5.75 Å². The molecule has 0 saturated carbocycles. The molecule has 0 unspecified atom stereocenters. The van der Waals surface area contributed by atoms with E-state index in [2.05, 4.69) is 30.9 Å². The number of aliphatic imine (C=N–C) groups is 1. The highest BCUT2D eigenvalue weighted by Gasteiger charge is 2.24. The number of methoxy groups -OCH3 is 1. The van der Waals surface area contributed by atoms with E-state index in [4.69, 9.17) is 9.47 Å². The standard InChI is InChI=1S/C18H19N3O3/c1-18(2,3)21-11-12(10-19-21)8-15-17(22)24-16(20-15)13-6-5-7-14(9-13)23-4/h5-11H,1-4H3/b15-8+. The van der Waals surface area contributed by atoms with Gasteiger partial charge in [0.2, 0.25) is 5.90 Å². The van der Waals surface area contributed by atoms with Gasteiger partial charge < -0.3 is 9.47 Å². The maximum absolute atomic E-state index is 12.1. The van der Waals surface area contributed by atoms with Gasteiger partial charge in [-0.1, -0.05) is 6.07 Å². The average Bonchev–Trinajstić information content (AvgIpc) is 3.15. The summed E-state index contributed by atoms with van der Waals surface area (Å²) in [5.41, 5.74) is 1.62. The van der Waals surface area contributed by atoms with Crippen LogP contribution in [-0.4, -0.2) is 28.8 Å². The van der Waals surface area contributed by atoms with Crippen molar-refractivity contribution >= 4 is 17.9 Å². The lowest BCUT2D eigenvalue weighted by Gasteiger charge is -2.18. The number of carbonyl (C=O) groups excluding carboxylic acids is 1. The highest BCUT2D eigenvalue weighted by molar-refractivity contribution is 6.12. The summed E-state index contributed by atoms with van der Waals surface area (Å²) in [6.45, 7) is 6.17. The number of hydrogen-bond acceptors (Lipinski definition) is 5. The van der Waals surface area contributed by atoms with Crippen molar-refractivity contribution < 1.29 is 14.3 Å². The molecule has 0 atom stereocenters. The Hall–Kier alpha value is -2.89. The molecule has 0 amide bonds. The normalized spacial score (nSPS) is 16.2. The van der Waals surface area contributed by atoms with Gasteiger partial charge in [-0.15, -0.1) is 0 Å². The van der Waals surface area contributed by atoms with Crippen LogP contribution in [0.2, 0.25) is 0 Å². The molecule has 1 aliphatic rings.